The molecule has 0 saturated heterocycles. The van der Waals surface area contributed by atoms with Crippen molar-refractivity contribution >= 4 is 33.3 Å². The van der Waals surface area contributed by atoms with Crippen LogP contribution in [-0.2, 0) is 0 Å². The molecule has 0 aliphatic heterocycles. The average molecular weight is 328 g/mol. The summed E-state index contributed by atoms with van der Waals surface area (Å²) in [5.41, 5.74) is 7.73. The highest BCUT2D eigenvalue weighted by atomic mass is 79.9. The van der Waals surface area contributed by atoms with Gasteiger partial charge in [0.15, 0.2) is 0 Å². The summed E-state index contributed by atoms with van der Waals surface area (Å²) < 4.78 is 0.911. The fourth-order valence-corrected chi connectivity index (χ4v) is 2.33. The van der Waals surface area contributed by atoms with Crippen molar-refractivity contribution in [3.05, 3.63) is 51.3 Å². The zero-order chi connectivity index (χ0) is 13.1. The second-order valence-electron chi connectivity index (χ2n) is 3.79. The van der Waals surface area contributed by atoms with Gasteiger partial charge in [-0.1, -0.05) is 11.6 Å². The SMILES string of the molecule is CNC(c1cncc(Br)c1)c1cc(Cl)cnc1N. The minimum absolute atomic E-state index is 0.0961. The van der Waals surface area contributed by atoms with Crippen LogP contribution in [0.5, 0.6) is 0 Å². The van der Waals surface area contributed by atoms with Crippen molar-refractivity contribution in [1.82, 2.24) is 15.3 Å². The van der Waals surface area contributed by atoms with E-state index in [0.29, 0.717) is 10.8 Å². The Hall–Kier alpha value is -1.17. The number of nitrogens with zero attached hydrogens (tertiary/aromatic N) is 2. The van der Waals surface area contributed by atoms with E-state index in [-0.39, 0.29) is 6.04 Å². The first-order chi connectivity index (χ1) is 8.61. The number of hydrogen-bond donors (Lipinski definition) is 2. The highest BCUT2D eigenvalue weighted by molar-refractivity contribution is 9.10. The molecule has 0 fully saturated rings. The van der Waals surface area contributed by atoms with E-state index in [0.717, 1.165) is 15.6 Å². The minimum atomic E-state index is -0.0961. The first kappa shape index (κ1) is 13.3. The Morgan fingerprint density at radius 3 is 2.78 bits per heavy atom. The first-order valence-electron chi connectivity index (χ1n) is 5.30. The number of nitrogens with two attached hydrogens (primary N) is 1. The summed E-state index contributed by atoms with van der Waals surface area (Å²) in [4.78, 5) is 8.22. The quantitative estimate of drug-likeness (QED) is 0.910. The van der Waals surface area contributed by atoms with Crippen LogP contribution in [0.4, 0.5) is 5.82 Å². The maximum Gasteiger partial charge on any atom is 0.128 e. The Labute approximate surface area is 119 Å². The van der Waals surface area contributed by atoms with Gasteiger partial charge < -0.3 is 11.1 Å². The van der Waals surface area contributed by atoms with Crippen molar-refractivity contribution in [2.24, 2.45) is 0 Å². The van der Waals surface area contributed by atoms with Crippen molar-refractivity contribution in [3.63, 3.8) is 0 Å². The number of aromatic nitrogens is 2. The van der Waals surface area contributed by atoms with Gasteiger partial charge in [0.25, 0.3) is 0 Å². The molecule has 4 nitrogen and oxygen atoms in total. The molecule has 2 aromatic heterocycles. The summed E-state index contributed by atoms with van der Waals surface area (Å²) in [7, 11) is 1.85. The number of rotatable bonds is 3. The molecule has 0 aliphatic rings. The fourth-order valence-electron chi connectivity index (χ4n) is 1.78. The van der Waals surface area contributed by atoms with Crippen LogP contribution in [0.25, 0.3) is 0 Å². The molecule has 0 radical (unpaired) electrons. The van der Waals surface area contributed by atoms with Crippen molar-refractivity contribution in [2.45, 2.75) is 6.04 Å². The summed E-state index contributed by atoms with van der Waals surface area (Å²) in [6.45, 7) is 0. The van der Waals surface area contributed by atoms with Gasteiger partial charge in [0.1, 0.15) is 5.82 Å². The summed E-state index contributed by atoms with van der Waals surface area (Å²) >= 11 is 9.37. The molecule has 0 aliphatic carbocycles. The third kappa shape index (κ3) is 2.80. The van der Waals surface area contributed by atoms with E-state index in [2.05, 4.69) is 31.2 Å². The summed E-state index contributed by atoms with van der Waals surface area (Å²) in [5, 5.41) is 3.75. The lowest BCUT2D eigenvalue weighted by Gasteiger charge is -2.18. The third-order valence-electron chi connectivity index (χ3n) is 2.58. The Kier molecular flexibility index (Phi) is 4.16. The first-order valence-corrected chi connectivity index (χ1v) is 6.47. The van der Waals surface area contributed by atoms with Gasteiger partial charge >= 0.3 is 0 Å². The lowest BCUT2D eigenvalue weighted by Crippen LogP contribution is -2.19. The van der Waals surface area contributed by atoms with Crippen molar-refractivity contribution in [1.29, 1.82) is 0 Å². The molecular weight excluding hydrogens is 316 g/mol. The second kappa shape index (κ2) is 5.65. The molecular formula is C12H12BrClN4. The Bertz CT molecular complexity index is 562. The molecule has 0 aromatic carbocycles. The third-order valence-corrected chi connectivity index (χ3v) is 3.22. The van der Waals surface area contributed by atoms with Crippen LogP contribution in [0, 0.1) is 0 Å². The van der Waals surface area contributed by atoms with Crippen molar-refractivity contribution in [2.75, 3.05) is 12.8 Å². The van der Waals surface area contributed by atoms with Gasteiger partial charge in [0, 0.05) is 28.6 Å². The Morgan fingerprint density at radius 1 is 1.33 bits per heavy atom. The monoisotopic (exact) mass is 326 g/mol. The number of hydrogen-bond acceptors (Lipinski definition) is 4. The molecule has 3 N–H and O–H groups in total. The van der Waals surface area contributed by atoms with E-state index < -0.39 is 0 Å². The summed E-state index contributed by atoms with van der Waals surface area (Å²) in [5.74, 6) is 0.457. The van der Waals surface area contributed by atoms with Crippen LogP contribution in [0.15, 0.2) is 35.2 Å². The van der Waals surface area contributed by atoms with Crippen LogP contribution < -0.4 is 11.1 Å². The molecule has 0 amide bonds. The smallest absolute Gasteiger partial charge is 0.128 e. The molecule has 0 spiro atoms. The van der Waals surface area contributed by atoms with E-state index in [1.807, 2.05) is 19.2 Å². The van der Waals surface area contributed by atoms with Gasteiger partial charge in [0.05, 0.1) is 11.1 Å². The van der Waals surface area contributed by atoms with Gasteiger partial charge in [0.2, 0.25) is 0 Å². The summed E-state index contributed by atoms with van der Waals surface area (Å²) in [6.07, 6.45) is 5.05. The number of halogens is 2. The highest BCUT2D eigenvalue weighted by Crippen LogP contribution is 2.28. The topological polar surface area (TPSA) is 63.8 Å². The van der Waals surface area contributed by atoms with Gasteiger partial charge in [-0.15, -0.1) is 0 Å². The summed E-state index contributed by atoms with van der Waals surface area (Å²) in [6, 6.07) is 3.70. The van der Waals surface area contributed by atoms with Crippen LogP contribution >= 0.6 is 27.5 Å². The lowest BCUT2D eigenvalue weighted by molar-refractivity contribution is 0.688. The van der Waals surface area contributed by atoms with Crippen LogP contribution in [0.2, 0.25) is 5.02 Å². The molecule has 1 atom stereocenters. The van der Waals surface area contributed by atoms with Gasteiger partial charge in [-0.3, -0.25) is 4.98 Å². The normalized spacial score (nSPS) is 12.4. The maximum absolute atomic E-state index is 5.97. The molecule has 2 aromatic rings. The van der Waals surface area contributed by atoms with Gasteiger partial charge in [-0.25, -0.2) is 4.98 Å². The predicted molar refractivity (Wildman–Crippen MR) is 76.5 cm³/mol. The molecule has 0 saturated carbocycles. The zero-order valence-electron chi connectivity index (χ0n) is 9.69. The van der Waals surface area contributed by atoms with Gasteiger partial charge in [-0.2, -0.15) is 0 Å². The van der Waals surface area contributed by atoms with Crippen LogP contribution in [0.3, 0.4) is 0 Å². The zero-order valence-corrected chi connectivity index (χ0v) is 12.0. The number of nitrogen functional groups attached to an aromatic ring is 1. The van der Waals surface area contributed by atoms with E-state index in [1.54, 1.807) is 12.4 Å². The second-order valence-corrected chi connectivity index (χ2v) is 5.14. The fraction of sp³-hybridized carbons (Fsp3) is 0.167. The molecule has 6 heteroatoms. The Balaban J connectivity index is 2.48. The van der Waals surface area contributed by atoms with Crippen molar-refractivity contribution < 1.29 is 0 Å². The lowest BCUT2D eigenvalue weighted by atomic mass is 10.0. The van der Waals surface area contributed by atoms with Crippen molar-refractivity contribution in [3.8, 4) is 0 Å². The molecule has 2 rings (SSSR count). The Morgan fingerprint density at radius 2 is 2.11 bits per heavy atom. The number of anilines is 1. The van der Waals surface area contributed by atoms with Crippen LogP contribution in [-0.4, -0.2) is 17.0 Å². The van der Waals surface area contributed by atoms with Crippen LogP contribution in [0.1, 0.15) is 17.2 Å². The standard InChI is InChI=1S/C12H12BrClN4/c1-16-11(7-2-8(13)5-17-4-7)10-3-9(14)6-18-12(10)15/h2-6,11,16H,1H3,(H2,15,18). The molecule has 0 bridgehead atoms. The number of nitrogens with one attached hydrogen (secondary N) is 1. The van der Waals surface area contributed by atoms with E-state index in [1.165, 1.54) is 6.20 Å². The predicted octanol–water partition coefficient (Wildman–Crippen LogP) is 2.78. The molecule has 94 valence electrons. The minimum Gasteiger partial charge on any atom is -0.383 e. The molecule has 18 heavy (non-hydrogen) atoms. The average Bonchev–Trinajstić information content (AvgIpc) is 2.35. The van der Waals surface area contributed by atoms with E-state index >= 15 is 0 Å². The molecule has 1 unspecified atom stereocenters. The number of pyridine rings is 2. The van der Waals surface area contributed by atoms with Gasteiger partial charge in [-0.05, 0) is 40.7 Å². The largest absolute Gasteiger partial charge is 0.383 e. The molecule has 2 heterocycles. The van der Waals surface area contributed by atoms with E-state index in [4.69, 9.17) is 17.3 Å². The van der Waals surface area contributed by atoms with E-state index in [9.17, 15) is 0 Å². The maximum atomic E-state index is 5.97. The highest BCUT2D eigenvalue weighted by Gasteiger charge is 2.16.